The van der Waals surface area contributed by atoms with Crippen molar-refractivity contribution in [2.24, 2.45) is 5.92 Å². The zero-order valence-corrected chi connectivity index (χ0v) is 23.7. The van der Waals surface area contributed by atoms with Crippen molar-refractivity contribution in [2.45, 2.75) is 66.6 Å². The maximum absolute atomic E-state index is 13.8. The van der Waals surface area contributed by atoms with Crippen molar-refractivity contribution in [2.75, 3.05) is 13.1 Å². The van der Waals surface area contributed by atoms with Crippen LogP contribution in [0, 0.1) is 23.0 Å². The van der Waals surface area contributed by atoms with E-state index in [1.165, 1.54) is 34.2 Å². The molecule has 0 spiro atoms. The van der Waals surface area contributed by atoms with E-state index in [1.807, 2.05) is 49.2 Å². The molecule has 1 unspecified atom stereocenters. The second-order valence-electron chi connectivity index (χ2n) is 10.5. The molecule has 0 fully saturated rings. The minimum Gasteiger partial charge on any atom is -0.345 e. The summed E-state index contributed by atoms with van der Waals surface area (Å²) in [6.07, 6.45) is 3.52. The predicted octanol–water partition coefficient (Wildman–Crippen LogP) is 6.07. The SMILES string of the molecule is CCC(C)N(Cc1cccn1Cc1ccccc1C)C(=O)CN(CCC(C)C)C(=O)c1cccc([N+](=O)[O-])c1. The lowest BCUT2D eigenvalue weighted by molar-refractivity contribution is -0.384. The van der Waals surface area contributed by atoms with Crippen LogP contribution in [0.3, 0.4) is 0 Å². The van der Waals surface area contributed by atoms with Crippen LogP contribution in [0.25, 0.3) is 0 Å². The number of nitro groups is 1. The van der Waals surface area contributed by atoms with Gasteiger partial charge in [0.2, 0.25) is 5.91 Å². The van der Waals surface area contributed by atoms with Gasteiger partial charge in [-0.2, -0.15) is 0 Å². The molecule has 8 heteroatoms. The summed E-state index contributed by atoms with van der Waals surface area (Å²) < 4.78 is 2.16. The molecule has 39 heavy (non-hydrogen) atoms. The first-order valence-electron chi connectivity index (χ1n) is 13.6. The summed E-state index contributed by atoms with van der Waals surface area (Å²) >= 11 is 0. The van der Waals surface area contributed by atoms with Gasteiger partial charge in [-0.15, -0.1) is 0 Å². The third-order valence-electron chi connectivity index (χ3n) is 7.19. The molecule has 0 aliphatic heterocycles. The zero-order chi connectivity index (χ0) is 28.5. The Morgan fingerprint density at radius 1 is 1.03 bits per heavy atom. The number of carbonyl (C=O) groups is 2. The quantitative estimate of drug-likeness (QED) is 0.197. The Balaban J connectivity index is 1.83. The Morgan fingerprint density at radius 2 is 1.77 bits per heavy atom. The fourth-order valence-electron chi connectivity index (χ4n) is 4.46. The van der Waals surface area contributed by atoms with E-state index >= 15 is 0 Å². The fraction of sp³-hybridized carbons (Fsp3) is 0.419. The average molecular weight is 533 g/mol. The molecule has 0 aliphatic carbocycles. The maximum atomic E-state index is 13.8. The molecule has 8 nitrogen and oxygen atoms in total. The smallest absolute Gasteiger partial charge is 0.270 e. The molecule has 0 bridgehead atoms. The van der Waals surface area contributed by atoms with Crippen LogP contribution in [-0.4, -0.2) is 50.2 Å². The van der Waals surface area contributed by atoms with Gasteiger partial charge in [-0.3, -0.25) is 19.7 Å². The van der Waals surface area contributed by atoms with E-state index in [4.69, 9.17) is 0 Å². The number of rotatable bonds is 13. The van der Waals surface area contributed by atoms with Crippen molar-refractivity contribution < 1.29 is 14.5 Å². The van der Waals surface area contributed by atoms with Crippen LogP contribution in [0.5, 0.6) is 0 Å². The lowest BCUT2D eigenvalue weighted by atomic mass is 10.1. The number of nitro benzene ring substituents is 1. The van der Waals surface area contributed by atoms with Gasteiger partial charge in [0.05, 0.1) is 11.5 Å². The first-order chi connectivity index (χ1) is 18.6. The number of aromatic nitrogens is 1. The Morgan fingerprint density at radius 3 is 2.44 bits per heavy atom. The highest BCUT2D eigenvalue weighted by molar-refractivity contribution is 5.97. The zero-order valence-electron chi connectivity index (χ0n) is 23.7. The Kier molecular flexibility index (Phi) is 10.4. The summed E-state index contributed by atoms with van der Waals surface area (Å²) in [6, 6.07) is 18.0. The van der Waals surface area contributed by atoms with Gasteiger partial charge in [-0.25, -0.2) is 0 Å². The third-order valence-corrected chi connectivity index (χ3v) is 7.19. The van der Waals surface area contributed by atoms with Crippen LogP contribution < -0.4 is 0 Å². The molecule has 1 heterocycles. The normalized spacial score (nSPS) is 11.8. The standard InChI is InChI=1S/C31H40N4O4/c1-6-25(5)34(21-29-15-10-17-32(29)20-27-12-8-7-11-24(27)4)30(36)22-33(18-16-23(2)3)31(37)26-13-9-14-28(19-26)35(38)39/h7-15,17,19,23,25H,6,16,18,20-22H2,1-5H3. The fourth-order valence-corrected chi connectivity index (χ4v) is 4.46. The van der Waals surface area contributed by atoms with Crippen molar-refractivity contribution >= 4 is 17.5 Å². The lowest BCUT2D eigenvalue weighted by Gasteiger charge is -2.32. The van der Waals surface area contributed by atoms with Gasteiger partial charge in [-0.05, 0) is 61.9 Å². The van der Waals surface area contributed by atoms with E-state index in [-0.39, 0.29) is 35.7 Å². The molecular weight excluding hydrogens is 492 g/mol. The number of nitrogens with zero attached hydrogens (tertiary/aromatic N) is 4. The van der Waals surface area contributed by atoms with E-state index in [0.717, 1.165) is 18.5 Å². The minimum absolute atomic E-state index is 0.0285. The van der Waals surface area contributed by atoms with Crippen molar-refractivity contribution in [3.05, 3.63) is 99.4 Å². The third kappa shape index (κ3) is 8.02. The first kappa shape index (κ1) is 29.6. The van der Waals surface area contributed by atoms with Crippen LogP contribution in [0.2, 0.25) is 0 Å². The summed E-state index contributed by atoms with van der Waals surface area (Å²) in [5, 5.41) is 11.3. The maximum Gasteiger partial charge on any atom is 0.270 e. The van der Waals surface area contributed by atoms with Gasteiger partial charge in [0.15, 0.2) is 0 Å². The van der Waals surface area contributed by atoms with Crippen LogP contribution in [-0.2, 0) is 17.9 Å². The highest BCUT2D eigenvalue weighted by atomic mass is 16.6. The number of amides is 2. The van der Waals surface area contributed by atoms with E-state index in [2.05, 4.69) is 37.5 Å². The average Bonchev–Trinajstić information content (AvgIpc) is 3.36. The number of non-ortho nitro benzene ring substituents is 1. The van der Waals surface area contributed by atoms with Crippen molar-refractivity contribution in [1.82, 2.24) is 14.4 Å². The van der Waals surface area contributed by atoms with Crippen molar-refractivity contribution in [3.63, 3.8) is 0 Å². The molecule has 0 saturated heterocycles. The largest absolute Gasteiger partial charge is 0.345 e. The number of hydrogen-bond donors (Lipinski definition) is 0. The monoisotopic (exact) mass is 532 g/mol. The molecule has 3 aromatic rings. The highest BCUT2D eigenvalue weighted by Gasteiger charge is 2.26. The molecule has 0 saturated carbocycles. The summed E-state index contributed by atoms with van der Waals surface area (Å²) in [5.41, 5.74) is 3.52. The molecule has 2 aromatic carbocycles. The molecule has 0 aliphatic rings. The second kappa shape index (κ2) is 13.7. The lowest BCUT2D eigenvalue weighted by Crippen LogP contribution is -2.46. The van der Waals surface area contributed by atoms with Gasteiger partial charge in [0, 0.05) is 48.7 Å². The van der Waals surface area contributed by atoms with E-state index in [1.54, 1.807) is 6.07 Å². The first-order valence-corrected chi connectivity index (χ1v) is 13.6. The predicted molar refractivity (Wildman–Crippen MR) is 153 cm³/mol. The molecule has 0 radical (unpaired) electrons. The van der Waals surface area contributed by atoms with E-state index < -0.39 is 4.92 Å². The number of benzene rings is 2. The Hall–Kier alpha value is -3.94. The van der Waals surface area contributed by atoms with Crippen LogP contribution >= 0.6 is 0 Å². The molecule has 0 N–H and O–H groups in total. The topological polar surface area (TPSA) is 88.7 Å². The molecule has 3 rings (SSSR count). The highest BCUT2D eigenvalue weighted by Crippen LogP contribution is 2.19. The Labute approximate surface area is 231 Å². The molecule has 2 amide bonds. The summed E-state index contributed by atoms with van der Waals surface area (Å²) in [4.78, 5) is 41.4. The van der Waals surface area contributed by atoms with E-state index in [9.17, 15) is 19.7 Å². The second-order valence-corrected chi connectivity index (χ2v) is 10.5. The summed E-state index contributed by atoms with van der Waals surface area (Å²) in [6.45, 7) is 11.7. The van der Waals surface area contributed by atoms with E-state index in [0.29, 0.717) is 25.6 Å². The number of aryl methyl sites for hydroxylation is 1. The van der Waals surface area contributed by atoms with Gasteiger partial charge in [0.25, 0.3) is 11.6 Å². The van der Waals surface area contributed by atoms with Gasteiger partial charge >= 0.3 is 0 Å². The van der Waals surface area contributed by atoms with Crippen LogP contribution in [0.4, 0.5) is 5.69 Å². The van der Waals surface area contributed by atoms with Crippen molar-refractivity contribution in [1.29, 1.82) is 0 Å². The molecular formula is C31H40N4O4. The molecule has 208 valence electrons. The van der Waals surface area contributed by atoms with Gasteiger partial charge in [-0.1, -0.05) is 51.1 Å². The Bertz CT molecular complexity index is 1280. The minimum atomic E-state index is -0.517. The van der Waals surface area contributed by atoms with Crippen LogP contribution in [0.15, 0.2) is 66.9 Å². The summed E-state index contributed by atoms with van der Waals surface area (Å²) in [7, 11) is 0. The molecule has 1 aromatic heterocycles. The van der Waals surface area contributed by atoms with Crippen molar-refractivity contribution in [3.8, 4) is 0 Å². The summed E-state index contributed by atoms with van der Waals surface area (Å²) in [5.74, 6) is -0.189. The van der Waals surface area contributed by atoms with Crippen LogP contribution in [0.1, 0.15) is 67.7 Å². The number of hydrogen-bond acceptors (Lipinski definition) is 4. The number of carbonyl (C=O) groups excluding carboxylic acids is 2. The van der Waals surface area contributed by atoms with Gasteiger partial charge < -0.3 is 14.4 Å². The van der Waals surface area contributed by atoms with Gasteiger partial charge in [0.1, 0.15) is 6.54 Å². The molecule has 1 atom stereocenters.